The summed E-state index contributed by atoms with van der Waals surface area (Å²) in [5.74, 6) is -0.244. The molecule has 0 saturated carbocycles. The molecule has 6 rings (SSSR count). The summed E-state index contributed by atoms with van der Waals surface area (Å²) < 4.78 is 18.8. The first-order valence-electron chi connectivity index (χ1n) is 9.16. The Bertz CT molecular complexity index is 1650. The van der Waals surface area contributed by atoms with Crippen LogP contribution in [-0.2, 0) is 7.05 Å². The highest BCUT2D eigenvalue weighted by Crippen LogP contribution is 2.41. The van der Waals surface area contributed by atoms with Gasteiger partial charge in [-0.05, 0) is 47.5 Å². The van der Waals surface area contributed by atoms with Gasteiger partial charge in [-0.15, -0.1) is 0 Å². The Morgan fingerprint density at radius 2 is 1.82 bits per heavy atom. The van der Waals surface area contributed by atoms with Gasteiger partial charge in [0.25, 0.3) is 0 Å². The van der Waals surface area contributed by atoms with Gasteiger partial charge < -0.3 is 4.40 Å². The second-order valence-corrected chi connectivity index (χ2v) is 7.47. The Balaban J connectivity index is 2.11. The highest BCUT2D eigenvalue weighted by molar-refractivity contribution is 6.25. The number of hydrogen-bond donors (Lipinski definition) is 0. The predicted octanol–water partition coefficient (Wildman–Crippen LogP) is 5.81. The van der Waals surface area contributed by atoms with E-state index in [0.717, 1.165) is 43.6 Å². The van der Waals surface area contributed by atoms with E-state index in [0.29, 0.717) is 5.69 Å². The van der Waals surface area contributed by atoms with Gasteiger partial charge in [0, 0.05) is 11.5 Å². The van der Waals surface area contributed by atoms with Crippen molar-refractivity contribution < 1.29 is 8.96 Å². The van der Waals surface area contributed by atoms with Gasteiger partial charge in [0.05, 0.1) is 33.9 Å². The number of hydrogen-bond acceptors (Lipinski definition) is 0. The number of benzene rings is 3. The molecule has 3 aromatic heterocycles. The molecule has 6 aromatic rings. The average molecular weight is 364 g/mol. The normalized spacial score (nSPS) is 12.1. The van der Waals surface area contributed by atoms with Gasteiger partial charge >= 0.3 is 0 Å². The third kappa shape index (κ3) is 1.69. The summed E-state index contributed by atoms with van der Waals surface area (Å²) >= 11 is 0. The molecule has 3 heterocycles. The summed E-state index contributed by atoms with van der Waals surface area (Å²) in [4.78, 5) is 3.60. The molecule has 132 valence electrons. The van der Waals surface area contributed by atoms with Crippen molar-refractivity contribution in [2.24, 2.45) is 7.05 Å². The van der Waals surface area contributed by atoms with Crippen molar-refractivity contribution in [3.05, 3.63) is 77.5 Å². The maximum absolute atomic E-state index is 14.5. The van der Waals surface area contributed by atoms with Gasteiger partial charge in [-0.25, -0.2) is 13.8 Å². The molecular formula is C24H15FN3+. The minimum atomic E-state index is -0.244. The number of aromatic nitrogens is 2. The van der Waals surface area contributed by atoms with Crippen molar-refractivity contribution in [1.29, 1.82) is 0 Å². The van der Waals surface area contributed by atoms with E-state index in [1.807, 2.05) is 37.5 Å². The molecule has 0 radical (unpaired) electrons. The van der Waals surface area contributed by atoms with E-state index in [9.17, 15) is 4.39 Å². The molecule has 0 aliphatic heterocycles. The molecule has 3 nitrogen and oxygen atoms in total. The highest BCUT2D eigenvalue weighted by atomic mass is 19.1. The Morgan fingerprint density at radius 3 is 2.64 bits per heavy atom. The first-order valence-corrected chi connectivity index (χ1v) is 9.16. The van der Waals surface area contributed by atoms with Gasteiger partial charge in [0.1, 0.15) is 12.9 Å². The van der Waals surface area contributed by atoms with Crippen molar-refractivity contribution in [3.63, 3.8) is 0 Å². The SMILES string of the molecule is [C-]#[N+]c1ccc2c(c1)c1ccc(C)c3c1n2c1cc(F)cc2cc[n+](C)c3c21. The molecule has 28 heavy (non-hydrogen) atoms. The monoisotopic (exact) mass is 364 g/mol. The van der Waals surface area contributed by atoms with Gasteiger partial charge in [0.2, 0.25) is 5.52 Å². The van der Waals surface area contributed by atoms with Crippen molar-refractivity contribution >= 4 is 54.7 Å². The fraction of sp³-hybridized carbons (Fsp3) is 0.0833. The Kier molecular flexibility index (Phi) is 2.72. The Morgan fingerprint density at radius 1 is 0.964 bits per heavy atom. The third-order valence-electron chi connectivity index (χ3n) is 5.91. The van der Waals surface area contributed by atoms with Crippen LogP contribution in [0.4, 0.5) is 10.1 Å². The largest absolute Gasteiger partial charge is 0.307 e. The lowest BCUT2D eigenvalue weighted by Gasteiger charge is -2.12. The maximum Gasteiger partial charge on any atom is 0.224 e. The quantitative estimate of drug-likeness (QED) is 0.140. The molecule has 0 aliphatic rings. The molecule has 0 N–H and O–H groups in total. The van der Waals surface area contributed by atoms with Crippen molar-refractivity contribution in [3.8, 4) is 0 Å². The van der Waals surface area contributed by atoms with Crippen LogP contribution in [0.2, 0.25) is 0 Å². The molecule has 0 spiro atoms. The lowest BCUT2D eigenvalue weighted by Crippen LogP contribution is -2.28. The van der Waals surface area contributed by atoms with E-state index in [-0.39, 0.29) is 5.82 Å². The van der Waals surface area contributed by atoms with E-state index in [4.69, 9.17) is 6.57 Å². The van der Waals surface area contributed by atoms with Crippen LogP contribution < -0.4 is 4.57 Å². The molecule has 0 saturated heterocycles. The molecule has 0 bridgehead atoms. The van der Waals surface area contributed by atoms with Crippen molar-refractivity contribution in [2.75, 3.05) is 0 Å². The number of rotatable bonds is 0. The predicted molar refractivity (Wildman–Crippen MR) is 111 cm³/mol. The second kappa shape index (κ2) is 4.96. The molecule has 0 aliphatic carbocycles. The van der Waals surface area contributed by atoms with Crippen molar-refractivity contribution in [1.82, 2.24) is 4.40 Å². The van der Waals surface area contributed by atoms with Crippen LogP contribution in [0.25, 0.3) is 53.8 Å². The number of nitrogens with zero attached hydrogens (tertiary/aromatic N) is 3. The fourth-order valence-electron chi connectivity index (χ4n) is 4.74. The van der Waals surface area contributed by atoms with Crippen LogP contribution in [0.5, 0.6) is 0 Å². The topological polar surface area (TPSA) is 12.6 Å². The molecule has 4 heteroatoms. The van der Waals surface area contributed by atoms with E-state index < -0.39 is 0 Å². The van der Waals surface area contributed by atoms with Crippen LogP contribution in [0.1, 0.15) is 5.56 Å². The van der Waals surface area contributed by atoms with Crippen molar-refractivity contribution in [2.45, 2.75) is 6.92 Å². The molecule has 0 unspecified atom stereocenters. The minimum absolute atomic E-state index is 0.244. The summed E-state index contributed by atoms with van der Waals surface area (Å²) in [6.07, 6.45) is 1.99. The molecule has 3 aromatic carbocycles. The van der Waals surface area contributed by atoms with E-state index in [1.54, 1.807) is 12.1 Å². The lowest BCUT2D eigenvalue weighted by atomic mass is 10.00. The summed E-state index contributed by atoms with van der Waals surface area (Å²) in [6, 6.07) is 15.2. The number of aryl methyl sites for hydroxylation is 2. The van der Waals surface area contributed by atoms with Crippen LogP contribution in [0.3, 0.4) is 0 Å². The zero-order chi connectivity index (χ0) is 19.2. The van der Waals surface area contributed by atoms with Crippen LogP contribution in [-0.4, -0.2) is 4.40 Å². The van der Waals surface area contributed by atoms with Gasteiger partial charge in [-0.1, -0.05) is 18.2 Å². The Labute approximate surface area is 160 Å². The third-order valence-corrected chi connectivity index (χ3v) is 5.91. The number of pyridine rings is 2. The van der Waals surface area contributed by atoms with Crippen LogP contribution >= 0.6 is 0 Å². The zero-order valence-electron chi connectivity index (χ0n) is 15.4. The summed E-state index contributed by atoms with van der Waals surface area (Å²) in [7, 11) is 2.04. The summed E-state index contributed by atoms with van der Waals surface area (Å²) in [6.45, 7) is 9.51. The maximum atomic E-state index is 14.5. The number of fused-ring (bicyclic) bond motifs is 5. The molecule has 0 fully saturated rings. The first kappa shape index (κ1) is 15.4. The lowest BCUT2D eigenvalue weighted by molar-refractivity contribution is -0.643. The van der Waals surface area contributed by atoms with E-state index in [1.165, 1.54) is 10.9 Å². The van der Waals surface area contributed by atoms with Gasteiger partial charge in [-0.2, -0.15) is 0 Å². The van der Waals surface area contributed by atoms with E-state index in [2.05, 4.69) is 32.9 Å². The highest BCUT2D eigenvalue weighted by Gasteiger charge is 2.24. The molecular weight excluding hydrogens is 349 g/mol. The van der Waals surface area contributed by atoms with Gasteiger partial charge in [-0.3, -0.25) is 0 Å². The first-order chi connectivity index (χ1) is 13.6. The number of halogens is 1. The standard InChI is InChI=1S/C24H15FN3/c1-13-4-6-17-18-12-16(26-2)5-7-19(18)28-20-11-15(25)10-14-8-9-27(3)24(22(14)20)21(13)23(17)28/h4-12H,1,3H3/q+1. The fourth-order valence-corrected chi connectivity index (χ4v) is 4.74. The smallest absolute Gasteiger partial charge is 0.224 e. The van der Waals surface area contributed by atoms with E-state index >= 15 is 0 Å². The summed E-state index contributed by atoms with van der Waals surface area (Å²) in [5, 5.41) is 5.24. The summed E-state index contributed by atoms with van der Waals surface area (Å²) in [5.41, 5.74) is 5.84. The molecule has 0 atom stereocenters. The van der Waals surface area contributed by atoms with Gasteiger partial charge in [0.15, 0.2) is 11.9 Å². The van der Waals surface area contributed by atoms with Crippen LogP contribution in [0.15, 0.2) is 54.7 Å². The zero-order valence-corrected chi connectivity index (χ0v) is 15.4. The second-order valence-electron chi connectivity index (χ2n) is 7.47. The minimum Gasteiger partial charge on any atom is -0.307 e. The van der Waals surface area contributed by atoms with Crippen LogP contribution in [0, 0.1) is 19.3 Å². The Hall–Kier alpha value is -3.71. The molecule has 0 amide bonds. The average Bonchev–Trinajstić information content (AvgIpc) is 3.02.